The molecule has 0 aromatic heterocycles. The van der Waals surface area contributed by atoms with Gasteiger partial charge in [-0.25, -0.2) is 4.79 Å². The van der Waals surface area contributed by atoms with E-state index in [1.807, 2.05) is 19.1 Å². The second-order valence-electron chi connectivity index (χ2n) is 5.59. The van der Waals surface area contributed by atoms with Gasteiger partial charge >= 0.3 is 5.97 Å². The number of aliphatic carboxylic acids is 1. The molecule has 0 saturated carbocycles. The van der Waals surface area contributed by atoms with E-state index in [9.17, 15) is 9.59 Å². The number of amides is 1. The van der Waals surface area contributed by atoms with Crippen LogP contribution in [0.2, 0.25) is 5.02 Å². The molecule has 26 heavy (non-hydrogen) atoms. The van der Waals surface area contributed by atoms with Gasteiger partial charge in [-0.3, -0.25) is 4.79 Å². The normalized spacial score (nSPS) is 10.2. The minimum atomic E-state index is -1.04. The lowest BCUT2D eigenvalue weighted by Gasteiger charge is -2.11. The van der Waals surface area contributed by atoms with Crippen LogP contribution in [0.4, 0.5) is 5.69 Å². The molecule has 138 valence electrons. The number of carboxylic acid groups (broad SMARTS) is 1. The van der Waals surface area contributed by atoms with Gasteiger partial charge in [0.1, 0.15) is 11.5 Å². The van der Waals surface area contributed by atoms with Crippen molar-refractivity contribution in [3.8, 4) is 11.5 Å². The molecule has 0 aliphatic carbocycles. The molecule has 0 saturated heterocycles. The van der Waals surface area contributed by atoms with Crippen LogP contribution < -0.4 is 14.8 Å². The number of carbonyl (C=O) groups is 2. The van der Waals surface area contributed by atoms with Gasteiger partial charge in [0.05, 0.1) is 11.6 Å². The minimum Gasteiger partial charge on any atom is -0.492 e. The van der Waals surface area contributed by atoms with E-state index in [2.05, 4.69) is 5.32 Å². The fraction of sp³-hybridized carbons (Fsp3) is 0.263. The van der Waals surface area contributed by atoms with Crippen molar-refractivity contribution in [1.82, 2.24) is 0 Å². The number of nitrogens with one attached hydrogen (secondary N) is 1. The van der Waals surface area contributed by atoms with Crippen molar-refractivity contribution < 1.29 is 24.2 Å². The van der Waals surface area contributed by atoms with E-state index in [4.69, 9.17) is 26.2 Å². The van der Waals surface area contributed by atoms with Crippen molar-refractivity contribution >= 4 is 29.2 Å². The molecule has 0 unspecified atom stereocenters. The van der Waals surface area contributed by atoms with Crippen molar-refractivity contribution in [3.63, 3.8) is 0 Å². The molecule has 2 aromatic carbocycles. The molecule has 0 aliphatic rings. The summed E-state index contributed by atoms with van der Waals surface area (Å²) < 4.78 is 10.6. The van der Waals surface area contributed by atoms with E-state index in [1.54, 1.807) is 30.3 Å². The Kier molecular flexibility index (Phi) is 7.29. The summed E-state index contributed by atoms with van der Waals surface area (Å²) in [5, 5.41) is 12.0. The highest BCUT2D eigenvalue weighted by atomic mass is 35.5. The van der Waals surface area contributed by atoms with E-state index >= 15 is 0 Å². The zero-order valence-corrected chi connectivity index (χ0v) is 15.1. The first-order valence-electron chi connectivity index (χ1n) is 8.08. The predicted octanol–water partition coefficient (Wildman–Crippen LogP) is 3.91. The molecular weight excluding hydrogens is 358 g/mol. The summed E-state index contributed by atoms with van der Waals surface area (Å²) in [7, 11) is 0. The lowest BCUT2D eigenvalue weighted by Crippen LogP contribution is -2.14. The van der Waals surface area contributed by atoms with E-state index in [-0.39, 0.29) is 5.91 Å². The molecule has 0 aliphatic heterocycles. The average Bonchev–Trinajstić information content (AvgIpc) is 2.60. The zero-order valence-electron chi connectivity index (χ0n) is 14.3. The maximum absolute atomic E-state index is 12.0. The highest BCUT2D eigenvalue weighted by molar-refractivity contribution is 6.32. The van der Waals surface area contributed by atoms with Crippen LogP contribution in [0, 0.1) is 6.92 Å². The lowest BCUT2D eigenvalue weighted by molar-refractivity contribution is -0.139. The third kappa shape index (κ3) is 6.29. The van der Waals surface area contributed by atoms with Gasteiger partial charge in [-0.1, -0.05) is 23.7 Å². The molecule has 6 nitrogen and oxygen atoms in total. The zero-order chi connectivity index (χ0) is 18.9. The van der Waals surface area contributed by atoms with Gasteiger partial charge in [-0.15, -0.1) is 0 Å². The van der Waals surface area contributed by atoms with Crippen molar-refractivity contribution in [2.45, 2.75) is 19.8 Å². The number of anilines is 1. The number of hydrogen-bond donors (Lipinski definition) is 2. The van der Waals surface area contributed by atoms with Crippen molar-refractivity contribution in [2.75, 3.05) is 18.5 Å². The minimum absolute atomic E-state index is 0.130. The number of ether oxygens (including phenoxy) is 2. The third-order valence-corrected chi connectivity index (χ3v) is 3.79. The second-order valence-corrected chi connectivity index (χ2v) is 6.00. The first-order chi connectivity index (χ1) is 12.5. The molecule has 2 aromatic rings. The summed E-state index contributed by atoms with van der Waals surface area (Å²) in [6, 6.07) is 12.2. The van der Waals surface area contributed by atoms with Gasteiger partial charge in [0.15, 0.2) is 6.61 Å². The van der Waals surface area contributed by atoms with Crippen LogP contribution in [0.15, 0.2) is 42.5 Å². The molecule has 0 fully saturated rings. The molecule has 0 radical (unpaired) electrons. The van der Waals surface area contributed by atoms with Gasteiger partial charge < -0.3 is 19.9 Å². The third-order valence-electron chi connectivity index (χ3n) is 3.48. The molecule has 0 bridgehead atoms. The molecule has 2 rings (SSSR count). The van der Waals surface area contributed by atoms with E-state index in [0.29, 0.717) is 41.7 Å². The molecular formula is C19H20ClNO5. The molecule has 0 atom stereocenters. The Balaban J connectivity index is 1.77. The Morgan fingerprint density at radius 3 is 2.62 bits per heavy atom. The van der Waals surface area contributed by atoms with Crippen molar-refractivity contribution in [3.05, 3.63) is 53.1 Å². The summed E-state index contributed by atoms with van der Waals surface area (Å²) >= 11 is 6.00. The number of aryl methyl sites for hydroxylation is 1. The van der Waals surface area contributed by atoms with E-state index < -0.39 is 12.6 Å². The van der Waals surface area contributed by atoms with Crippen molar-refractivity contribution in [1.29, 1.82) is 0 Å². The molecule has 2 N–H and O–H groups in total. The number of rotatable bonds is 9. The van der Waals surface area contributed by atoms with Crippen LogP contribution in [0.5, 0.6) is 11.5 Å². The average molecular weight is 378 g/mol. The smallest absolute Gasteiger partial charge is 0.341 e. The van der Waals surface area contributed by atoms with Gasteiger partial charge in [0.2, 0.25) is 5.91 Å². The highest BCUT2D eigenvalue weighted by Gasteiger charge is 2.07. The van der Waals surface area contributed by atoms with Crippen LogP contribution in [0.3, 0.4) is 0 Å². The second kappa shape index (κ2) is 9.68. The summed E-state index contributed by atoms with van der Waals surface area (Å²) in [5.74, 6) is -0.132. The maximum atomic E-state index is 12.0. The number of halogens is 1. The Bertz CT molecular complexity index is 778. The SMILES string of the molecule is Cc1cc(OCC(=O)O)ccc1NC(=O)CCCOc1ccccc1Cl. The fourth-order valence-corrected chi connectivity index (χ4v) is 2.39. The van der Waals surface area contributed by atoms with Crippen LogP contribution in [-0.2, 0) is 9.59 Å². The summed E-state index contributed by atoms with van der Waals surface area (Å²) in [5.41, 5.74) is 1.44. The molecule has 7 heteroatoms. The van der Waals surface area contributed by atoms with Crippen LogP contribution in [0.1, 0.15) is 18.4 Å². The Labute approximate surface area is 156 Å². The summed E-state index contributed by atoms with van der Waals surface area (Å²) in [4.78, 5) is 22.5. The number of para-hydroxylation sites is 1. The predicted molar refractivity (Wildman–Crippen MR) is 99.1 cm³/mol. The quantitative estimate of drug-likeness (QED) is 0.647. The Morgan fingerprint density at radius 2 is 1.92 bits per heavy atom. The Hall–Kier alpha value is -2.73. The van der Waals surface area contributed by atoms with Gasteiger partial charge in [0.25, 0.3) is 0 Å². The topological polar surface area (TPSA) is 84.9 Å². The largest absolute Gasteiger partial charge is 0.492 e. The number of carboxylic acids is 1. The standard InChI is InChI=1S/C19H20ClNO5/c1-13-11-14(26-12-19(23)24)8-9-16(13)21-18(22)7-4-10-25-17-6-3-2-5-15(17)20/h2-3,5-6,8-9,11H,4,7,10,12H2,1H3,(H,21,22)(H,23,24). The summed E-state index contributed by atoms with van der Waals surface area (Å²) in [6.07, 6.45) is 0.858. The Morgan fingerprint density at radius 1 is 1.15 bits per heavy atom. The summed E-state index contributed by atoms with van der Waals surface area (Å²) in [6.45, 7) is 1.79. The first-order valence-corrected chi connectivity index (χ1v) is 8.46. The number of hydrogen-bond acceptors (Lipinski definition) is 4. The van der Waals surface area contributed by atoms with E-state index in [1.165, 1.54) is 0 Å². The highest BCUT2D eigenvalue weighted by Crippen LogP contribution is 2.24. The van der Waals surface area contributed by atoms with Crippen LogP contribution in [0.25, 0.3) is 0 Å². The molecule has 0 heterocycles. The van der Waals surface area contributed by atoms with E-state index in [0.717, 1.165) is 5.56 Å². The van der Waals surface area contributed by atoms with Gasteiger partial charge in [0, 0.05) is 12.1 Å². The lowest BCUT2D eigenvalue weighted by atomic mass is 10.2. The molecule has 1 amide bonds. The van der Waals surface area contributed by atoms with Gasteiger partial charge in [-0.2, -0.15) is 0 Å². The van der Waals surface area contributed by atoms with Gasteiger partial charge in [-0.05, 0) is 49.2 Å². The van der Waals surface area contributed by atoms with Crippen LogP contribution >= 0.6 is 11.6 Å². The number of benzene rings is 2. The maximum Gasteiger partial charge on any atom is 0.341 e. The molecule has 0 spiro atoms. The van der Waals surface area contributed by atoms with Crippen LogP contribution in [-0.4, -0.2) is 30.2 Å². The first kappa shape index (κ1) is 19.6. The monoisotopic (exact) mass is 377 g/mol. The number of carbonyl (C=O) groups excluding carboxylic acids is 1. The fourth-order valence-electron chi connectivity index (χ4n) is 2.20. The van der Waals surface area contributed by atoms with Crippen molar-refractivity contribution in [2.24, 2.45) is 0 Å².